The molecule has 0 aliphatic heterocycles. The molecule has 2 aromatic carbocycles. The van der Waals surface area contributed by atoms with E-state index in [9.17, 15) is 18.0 Å². The van der Waals surface area contributed by atoms with Gasteiger partial charge in [-0.2, -0.15) is 18.3 Å². The van der Waals surface area contributed by atoms with E-state index in [1.807, 2.05) is 20.8 Å². The number of alkyl halides is 3. The van der Waals surface area contributed by atoms with Gasteiger partial charge in [0.15, 0.2) is 0 Å². The first-order valence-corrected chi connectivity index (χ1v) is 11.6. The molecule has 12 heteroatoms. The molecular formula is C26H26F3N7O2. The van der Waals surface area contributed by atoms with Gasteiger partial charge in [-0.3, -0.25) is 5.32 Å². The number of anilines is 3. The maximum Gasteiger partial charge on any atom is 0.416 e. The summed E-state index contributed by atoms with van der Waals surface area (Å²) >= 11 is 0. The standard InChI is InChI=1S/C26H26F3N7O2/c1-25(2,3)20-13-22(36(35-20)18-9-5-16(6-10-18)26(27,28)29)34-24(37)33-17-7-11-19(12-8-17)38-23-14-21(30-4)31-15-32-23/h5-15H,1-4H3,(H,30,31,32)(H2,33,34,37). The van der Waals surface area contributed by atoms with Crippen LogP contribution in [0, 0.1) is 0 Å². The number of carbonyl (C=O) groups excluding carboxylic acids is 1. The van der Waals surface area contributed by atoms with Crippen molar-refractivity contribution in [2.24, 2.45) is 0 Å². The van der Waals surface area contributed by atoms with E-state index in [1.54, 1.807) is 43.4 Å². The molecule has 0 aliphatic carbocycles. The van der Waals surface area contributed by atoms with Crippen LogP contribution < -0.4 is 20.7 Å². The van der Waals surface area contributed by atoms with Crippen LogP contribution in [0.25, 0.3) is 5.69 Å². The maximum atomic E-state index is 13.0. The number of hydrogen-bond acceptors (Lipinski definition) is 6. The molecule has 0 radical (unpaired) electrons. The molecule has 4 aromatic rings. The highest BCUT2D eigenvalue weighted by Gasteiger charge is 2.30. The fourth-order valence-electron chi connectivity index (χ4n) is 3.36. The SMILES string of the molecule is CNc1cc(Oc2ccc(NC(=O)Nc3cc(C(C)(C)C)nn3-c3ccc(C(F)(F)F)cc3)cc2)ncn1. The summed E-state index contributed by atoms with van der Waals surface area (Å²) in [5, 5.41) is 12.9. The van der Waals surface area contributed by atoms with E-state index >= 15 is 0 Å². The second-order valence-corrected chi connectivity index (χ2v) is 9.32. The first kappa shape index (κ1) is 26.5. The number of nitrogens with zero attached hydrogens (tertiary/aromatic N) is 4. The van der Waals surface area contributed by atoms with Crippen LogP contribution in [0.4, 0.5) is 35.3 Å². The highest BCUT2D eigenvalue weighted by atomic mass is 19.4. The predicted molar refractivity (Wildman–Crippen MR) is 138 cm³/mol. The Bertz CT molecular complexity index is 1410. The molecule has 9 nitrogen and oxygen atoms in total. The third-order valence-corrected chi connectivity index (χ3v) is 5.39. The molecule has 0 spiro atoms. The van der Waals surface area contributed by atoms with E-state index in [0.717, 1.165) is 12.1 Å². The quantitative estimate of drug-likeness (QED) is 0.267. The van der Waals surface area contributed by atoms with Gasteiger partial charge in [0.2, 0.25) is 5.88 Å². The molecule has 3 N–H and O–H groups in total. The first-order valence-electron chi connectivity index (χ1n) is 11.6. The Morgan fingerprint density at radius 3 is 2.21 bits per heavy atom. The van der Waals surface area contributed by atoms with E-state index < -0.39 is 17.8 Å². The zero-order chi connectivity index (χ0) is 27.5. The van der Waals surface area contributed by atoms with Crippen LogP contribution in [0.1, 0.15) is 32.0 Å². The third kappa shape index (κ3) is 6.38. The van der Waals surface area contributed by atoms with Crippen LogP contribution in [0.15, 0.2) is 67.0 Å². The van der Waals surface area contributed by atoms with Gasteiger partial charge in [0.1, 0.15) is 23.7 Å². The van der Waals surface area contributed by atoms with Crippen molar-refractivity contribution < 1.29 is 22.7 Å². The van der Waals surface area contributed by atoms with Gasteiger partial charge in [-0.05, 0) is 48.5 Å². The van der Waals surface area contributed by atoms with Crippen LogP contribution in [0.2, 0.25) is 0 Å². The molecule has 38 heavy (non-hydrogen) atoms. The van der Waals surface area contributed by atoms with Crippen molar-refractivity contribution in [1.82, 2.24) is 19.7 Å². The van der Waals surface area contributed by atoms with Crippen LogP contribution in [0.5, 0.6) is 11.6 Å². The average Bonchev–Trinajstić information content (AvgIpc) is 3.29. The number of benzene rings is 2. The average molecular weight is 526 g/mol. The van der Waals surface area contributed by atoms with Crippen LogP contribution in [0.3, 0.4) is 0 Å². The van der Waals surface area contributed by atoms with E-state index in [0.29, 0.717) is 40.3 Å². The highest BCUT2D eigenvalue weighted by molar-refractivity contribution is 5.99. The fraction of sp³-hybridized carbons (Fsp3) is 0.231. The Kier molecular flexibility index (Phi) is 7.24. The van der Waals surface area contributed by atoms with E-state index in [2.05, 4.69) is 31.0 Å². The van der Waals surface area contributed by atoms with Crippen molar-refractivity contribution in [2.75, 3.05) is 23.0 Å². The van der Waals surface area contributed by atoms with Crippen molar-refractivity contribution in [3.8, 4) is 17.3 Å². The summed E-state index contributed by atoms with van der Waals surface area (Å²) in [5.41, 5.74) is 0.380. The molecular weight excluding hydrogens is 499 g/mol. The molecule has 2 heterocycles. The molecule has 0 bridgehead atoms. The van der Waals surface area contributed by atoms with Crippen molar-refractivity contribution in [2.45, 2.75) is 32.4 Å². The lowest BCUT2D eigenvalue weighted by Gasteiger charge is -2.14. The molecule has 0 unspecified atom stereocenters. The summed E-state index contributed by atoms with van der Waals surface area (Å²) in [6.45, 7) is 5.84. The van der Waals surface area contributed by atoms with Crippen LogP contribution in [-0.4, -0.2) is 32.8 Å². The molecule has 0 saturated carbocycles. The molecule has 198 valence electrons. The maximum absolute atomic E-state index is 13.0. The van der Waals surface area contributed by atoms with Crippen molar-refractivity contribution in [3.63, 3.8) is 0 Å². The first-order chi connectivity index (χ1) is 17.9. The van der Waals surface area contributed by atoms with Gasteiger partial charge in [-0.25, -0.2) is 19.4 Å². The number of hydrogen-bond donors (Lipinski definition) is 3. The fourth-order valence-corrected chi connectivity index (χ4v) is 3.36. The van der Waals surface area contributed by atoms with Gasteiger partial charge in [0.05, 0.1) is 16.9 Å². The van der Waals surface area contributed by atoms with E-state index in [-0.39, 0.29) is 5.41 Å². The highest BCUT2D eigenvalue weighted by Crippen LogP contribution is 2.31. The summed E-state index contributed by atoms with van der Waals surface area (Å²) in [6.07, 6.45) is -3.08. The number of aromatic nitrogens is 4. The van der Waals surface area contributed by atoms with Crippen molar-refractivity contribution >= 4 is 23.4 Å². The molecule has 2 aromatic heterocycles. The minimum absolute atomic E-state index is 0.302. The Labute approximate surface area is 217 Å². The van der Waals surface area contributed by atoms with Gasteiger partial charge in [-0.1, -0.05) is 20.8 Å². The molecule has 0 fully saturated rings. The number of ether oxygens (including phenoxy) is 1. The second kappa shape index (κ2) is 10.4. The Balaban J connectivity index is 1.49. The Morgan fingerprint density at radius 2 is 1.61 bits per heavy atom. The number of halogens is 3. The lowest BCUT2D eigenvalue weighted by atomic mass is 9.92. The summed E-state index contributed by atoms with van der Waals surface area (Å²) in [4.78, 5) is 20.9. The number of rotatable bonds is 6. The number of urea groups is 1. The molecule has 0 aliphatic rings. The molecule has 0 saturated heterocycles. The monoisotopic (exact) mass is 525 g/mol. The number of amides is 2. The zero-order valence-electron chi connectivity index (χ0n) is 21.1. The smallest absolute Gasteiger partial charge is 0.416 e. The number of carbonyl (C=O) groups is 1. The summed E-state index contributed by atoms with van der Waals surface area (Å²) in [5.74, 6) is 1.77. The van der Waals surface area contributed by atoms with E-state index in [1.165, 1.54) is 23.1 Å². The van der Waals surface area contributed by atoms with Crippen molar-refractivity contribution in [3.05, 3.63) is 78.2 Å². The van der Waals surface area contributed by atoms with Crippen LogP contribution >= 0.6 is 0 Å². The summed E-state index contributed by atoms with van der Waals surface area (Å²) in [7, 11) is 1.73. The molecule has 0 atom stereocenters. The Hall–Kier alpha value is -4.61. The molecule has 2 amide bonds. The van der Waals surface area contributed by atoms with Gasteiger partial charge in [-0.15, -0.1) is 0 Å². The van der Waals surface area contributed by atoms with Gasteiger partial charge in [0, 0.05) is 30.3 Å². The minimum Gasteiger partial charge on any atom is -0.439 e. The third-order valence-electron chi connectivity index (χ3n) is 5.39. The largest absolute Gasteiger partial charge is 0.439 e. The Morgan fingerprint density at radius 1 is 0.921 bits per heavy atom. The normalized spacial score (nSPS) is 11.7. The lowest BCUT2D eigenvalue weighted by Crippen LogP contribution is -2.21. The van der Waals surface area contributed by atoms with Gasteiger partial charge in [0.25, 0.3) is 0 Å². The molecule has 4 rings (SSSR count). The summed E-state index contributed by atoms with van der Waals surface area (Å²) in [6, 6.07) is 14.0. The van der Waals surface area contributed by atoms with E-state index in [4.69, 9.17) is 4.74 Å². The zero-order valence-corrected chi connectivity index (χ0v) is 21.1. The second-order valence-electron chi connectivity index (χ2n) is 9.32. The lowest BCUT2D eigenvalue weighted by molar-refractivity contribution is -0.137. The predicted octanol–water partition coefficient (Wildman–Crippen LogP) is 6.46. The van der Waals surface area contributed by atoms with Gasteiger partial charge >= 0.3 is 12.2 Å². The number of nitrogens with one attached hydrogen (secondary N) is 3. The van der Waals surface area contributed by atoms with Crippen molar-refractivity contribution in [1.29, 1.82) is 0 Å². The van der Waals surface area contributed by atoms with Crippen LogP contribution in [-0.2, 0) is 11.6 Å². The minimum atomic E-state index is -4.45. The van der Waals surface area contributed by atoms with Gasteiger partial charge < -0.3 is 15.4 Å². The topological polar surface area (TPSA) is 106 Å². The summed E-state index contributed by atoms with van der Waals surface area (Å²) < 4.78 is 46.1.